The van der Waals surface area contributed by atoms with Crippen LogP contribution in [0.15, 0.2) is 27.1 Å². The SMILES string of the molecule is CC(F)(F)F.FC(F)(F)c1cc(Br)ccc1Br. The lowest BCUT2D eigenvalue weighted by Gasteiger charge is -2.08. The van der Waals surface area contributed by atoms with Crippen LogP contribution >= 0.6 is 31.9 Å². The Bertz CT molecular complexity index is 363. The van der Waals surface area contributed by atoms with Crippen molar-refractivity contribution < 1.29 is 26.3 Å². The first-order valence-corrected chi connectivity index (χ1v) is 5.59. The molecule has 98 valence electrons. The van der Waals surface area contributed by atoms with Crippen LogP contribution in [0.25, 0.3) is 0 Å². The van der Waals surface area contributed by atoms with Gasteiger partial charge in [-0.1, -0.05) is 31.9 Å². The Labute approximate surface area is 110 Å². The van der Waals surface area contributed by atoms with E-state index in [0.717, 1.165) is 6.07 Å². The lowest BCUT2D eigenvalue weighted by Crippen LogP contribution is -2.05. The van der Waals surface area contributed by atoms with E-state index < -0.39 is 17.9 Å². The molecule has 17 heavy (non-hydrogen) atoms. The van der Waals surface area contributed by atoms with Gasteiger partial charge in [-0.3, -0.25) is 0 Å². The minimum absolute atomic E-state index is 0.0539. The highest BCUT2D eigenvalue weighted by molar-refractivity contribution is 9.11. The predicted octanol–water partition coefficient (Wildman–Crippen LogP) is 5.80. The Morgan fingerprint density at radius 1 is 0.941 bits per heavy atom. The van der Waals surface area contributed by atoms with Crippen LogP contribution in [0.2, 0.25) is 0 Å². The maximum absolute atomic E-state index is 12.2. The Morgan fingerprint density at radius 3 is 1.65 bits per heavy atom. The van der Waals surface area contributed by atoms with E-state index in [1.54, 1.807) is 6.07 Å². The molecule has 0 aromatic heterocycles. The molecule has 0 aliphatic carbocycles. The van der Waals surface area contributed by atoms with Crippen molar-refractivity contribution in [3.63, 3.8) is 0 Å². The smallest absolute Gasteiger partial charge is 0.172 e. The summed E-state index contributed by atoms with van der Waals surface area (Å²) < 4.78 is 68.1. The molecule has 0 bridgehead atoms. The monoisotopic (exact) mass is 386 g/mol. The zero-order valence-electron chi connectivity index (χ0n) is 8.26. The standard InChI is InChI=1S/C7H3Br2F3.C2H3F3/c8-4-1-2-6(9)5(3-4)7(10,11)12;1-2(3,4)5/h1-3H;1H3. The van der Waals surface area contributed by atoms with Crippen LogP contribution < -0.4 is 0 Å². The average Bonchev–Trinajstić information content (AvgIpc) is 2.04. The summed E-state index contributed by atoms with van der Waals surface area (Å²) in [5, 5.41) is 0. The normalized spacial score (nSPS) is 11.8. The summed E-state index contributed by atoms with van der Waals surface area (Å²) in [4.78, 5) is 0. The van der Waals surface area contributed by atoms with E-state index in [2.05, 4.69) is 31.9 Å². The molecule has 0 N–H and O–H groups in total. The van der Waals surface area contributed by atoms with Crippen molar-refractivity contribution in [2.24, 2.45) is 0 Å². The van der Waals surface area contributed by atoms with Crippen LogP contribution in [0.5, 0.6) is 0 Å². The molecule has 0 radical (unpaired) electrons. The molecule has 8 heteroatoms. The van der Waals surface area contributed by atoms with Crippen molar-refractivity contribution in [1.29, 1.82) is 0 Å². The molecule has 0 aliphatic heterocycles. The molecule has 1 aromatic carbocycles. The lowest BCUT2D eigenvalue weighted by molar-refractivity contribution is -0.138. The van der Waals surface area contributed by atoms with Gasteiger partial charge in [0.15, 0.2) is 0 Å². The van der Waals surface area contributed by atoms with Crippen molar-refractivity contribution in [2.45, 2.75) is 19.3 Å². The molecule has 0 heterocycles. The van der Waals surface area contributed by atoms with Crippen LogP contribution in [0.1, 0.15) is 12.5 Å². The first-order valence-electron chi connectivity index (χ1n) is 4.00. The third kappa shape index (κ3) is 8.48. The van der Waals surface area contributed by atoms with Gasteiger partial charge in [-0.15, -0.1) is 0 Å². The summed E-state index contributed by atoms with van der Waals surface area (Å²) in [6.45, 7) is 0.188. The third-order valence-electron chi connectivity index (χ3n) is 1.23. The van der Waals surface area contributed by atoms with Crippen LogP contribution in [0, 0.1) is 0 Å². The minimum Gasteiger partial charge on any atom is -0.172 e. The minimum atomic E-state index is -4.30. The molecule has 0 fully saturated rings. The maximum Gasteiger partial charge on any atom is 0.417 e. The maximum atomic E-state index is 12.2. The third-order valence-corrected chi connectivity index (χ3v) is 2.42. The first kappa shape index (κ1) is 16.8. The predicted molar refractivity (Wildman–Crippen MR) is 58.6 cm³/mol. The molecule has 0 nitrogen and oxygen atoms in total. The summed E-state index contributed by atoms with van der Waals surface area (Å²) in [5.74, 6) is 0. The van der Waals surface area contributed by atoms with E-state index in [-0.39, 0.29) is 11.4 Å². The second kappa shape index (κ2) is 6.08. The molecule has 0 aliphatic rings. The van der Waals surface area contributed by atoms with Crippen molar-refractivity contribution in [3.05, 3.63) is 32.7 Å². The average molecular weight is 388 g/mol. The van der Waals surface area contributed by atoms with Crippen LogP contribution in [0.3, 0.4) is 0 Å². The molecule has 0 saturated carbocycles. The molecule has 0 saturated heterocycles. The molecular weight excluding hydrogens is 382 g/mol. The van der Waals surface area contributed by atoms with E-state index >= 15 is 0 Å². The summed E-state index contributed by atoms with van der Waals surface area (Å²) in [6.07, 6.45) is -8.30. The van der Waals surface area contributed by atoms with E-state index in [1.807, 2.05) is 0 Å². The van der Waals surface area contributed by atoms with Crippen LogP contribution in [-0.4, -0.2) is 6.18 Å². The Balaban J connectivity index is 0.000000437. The van der Waals surface area contributed by atoms with Gasteiger partial charge in [0, 0.05) is 15.9 Å². The highest BCUT2D eigenvalue weighted by atomic mass is 79.9. The van der Waals surface area contributed by atoms with Gasteiger partial charge in [0.1, 0.15) is 0 Å². The molecule has 0 unspecified atom stereocenters. The highest BCUT2D eigenvalue weighted by Crippen LogP contribution is 2.36. The van der Waals surface area contributed by atoms with Crippen molar-refractivity contribution >= 4 is 31.9 Å². The molecule has 0 spiro atoms. The number of halogens is 8. The molecule has 1 aromatic rings. The van der Waals surface area contributed by atoms with Crippen LogP contribution in [-0.2, 0) is 6.18 Å². The fourth-order valence-corrected chi connectivity index (χ4v) is 1.55. The molecule has 1 rings (SSSR count). The van der Waals surface area contributed by atoms with Gasteiger partial charge in [-0.25, -0.2) is 0 Å². The first-order chi connectivity index (χ1) is 7.41. The molecule has 0 amide bonds. The van der Waals surface area contributed by atoms with Gasteiger partial charge in [-0.2, -0.15) is 26.3 Å². The zero-order chi connectivity index (χ0) is 13.9. The molecule has 0 atom stereocenters. The fraction of sp³-hybridized carbons (Fsp3) is 0.333. The summed E-state index contributed by atoms with van der Waals surface area (Å²) >= 11 is 5.79. The highest BCUT2D eigenvalue weighted by Gasteiger charge is 2.32. The van der Waals surface area contributed by atoms with E-state index in [0.29, 0.717) is 4.47 Å². The fourth-order valence-electron chi connectivity index (χ4n) is 0.715. The zero-order valence-corrected chi connectivity index (χ0v) is 11.4. The quantitative estimate of drug-likeness (QED) is 0.493. The topological polar surface area (TPSA) is 0 Å². The van der Waals surface area contributed by atoms with Gasteiger partial charge < -0.3 is 0 Å². The summed E-state index contributed by atoms with van der Waals surface area (Å²) in [5.41, 5.74) is -0.670. The second-order valence-electron chi connectivity index (χ2n) is 2.90. The number of hydrogen-bond donors (Lipinski definition) is 0. The van der Waals surface area contributed by atoms with E-state index in [4.69, 9.17) is 0 Å². The Kier molecular flexibility index (Phi) is 6.00. The van der Waals surface area contributed by atoms with Crippen molar-refractivity contribution in [2.75, 3.05) is 0 Å². The number of hydrogen-bond acceptors (Lipinski definition) is 0. The number of rotatable bonds is 0. The van der Waals surface area contributed by atoms with E-state index in [9.17, 15) is 26.3 Å². The number of alkyl halides is 6. The van der Waals surface area contributed by atoms with Gasteiger partial charge >= 0.3 is 12.4 Å². The second-order valence-corrected chi connectivity index (χ2v) is 4.67. The molecular formula is C9H6Br2F6. The summed E-state index contributed by atoms with van der Waals surface area (Å²) in [7, 11) is 0. The van der Waals surface area contributed by atoms with Crippen molar-refractivity contribution in [1.82, 2.24) is 0 Å². The van der Waals surface area contributed by atoms with Gasteiger partial charge in [0.05, 0.1) is 5.56 Å². The Morgan fingerprint density at radius 2 is 1.35 bits per heavy atom. The largest absolute Gasteiger partial charge is 0.417 e. The van der Waals surface area contributed by atoms with Crippen LogP contribution in [0.4, 0.5) is 26.3 Å². The van der Waals surface area contributed by atoms with E-state index in [1.165, 1.54) is 6.07 Å². The van der Waals surface area contributed by atoms with Crippen molar-refractivity contribution in [3.8, 4) is 0 Å². The van der Waals surface area contributed by atoms with Gasteiger partial charge in [0.2, 0.25) is 0 Å². The lowest BCUT2D eigenvalue weighted by atomic mass is 10.2. The van der Waals surface area contributed by atoms with Gasteiger partial charge in [-0.05, 0) is 18.2 Å². The van der Waals surface area contributed by atoms with Gasteiger partial charge in [0.25, 0.3) is 0 Å². The number of benzene rings is 1. The Hall–Kier alpha value is -0.240. The summed E-state index contributed by atoms with van der Waals surface area (Å²) in [6, 6.07) is 3.93.